The molecule has 0 aliphatic heterocycles. The van der Waals surface area contributed by atoms with Gasteiger partial charge in [-0.25, -0.2) is 0 Å². The van der Waals surface area contributed by atoms with Crippen molar-refractivity contribution in [1.29, 1.82) is 0 Å². The van der Waals surface area contributed by atoms with E-state index in [0.29, 0.717) is 18.2 Å². The van der Waals surface area contributed by atoms with Crippen LogP contribution < -0.4 is 5.73 Å². The molecular weight excluding hydrogens is 270 g/mol. The van der Waals surface area contributed by atoms with Gasteiger partial charge in [0.1, 0.15) is 5.69 Å². The third-order valence-electron chi connectivity index (χ3n) is 3.10. The van der Waals surface area contributed by atoms with Crippen LogP contribution in [0.2, 0.25) is 0 Å². The third kappa shape index (κ3) is 2.30. The fourth-order valence-electron chi connectivity index (χ4n) is 1.98. The molecular formula is C11H16BrN3O. The Morgan fingerprint density at radius 1 is 1.75 bits per heavy atom. The van der Waals surface area contributed by atoms with E-state index in [1.165, 1.54) is 12.8 Å². The van der Waals surface area contributed by atoms with Crippen molar-refractivity contribution in [2.24, 2.45) is 11.7 Å². The molecule has 5 heteroatoms. The van der Waals surface area contributed by atoms with Crippen LogP contribution in [0.1, 0.15) is 23.3 Å². The SMILES string of the molecule is CN(C(=O)c1cc(Br)c[nH]1)C(CN)C1CC1. The number of hydrogen-bond donors (Lipinski definition) is 2. The molecule has 1 fully saturated rings. The van der Waals surface area contributed by atoms with Gasteiger partial charge in [-0.3, -0.25) is 4.79 Å². The molecule has 1 unspecified atom stereocenters. The number of carbonyl (C=O) groups excluding carboxylic acids is 1. The highest BCUT2D eigenvalue weighted by Gasteiger charge is 2.35. The van der Waals surface area contributed by atoms with Gasteiger partial charge in [0.2, 0.25) is 0 Å². The Morgan fingerprint density at radius 2 is 2.44 bits per heavy atom. The van der Waals surface area contributed by atoms with E-state index in [1.807, 2.05) is 7.05 Å². The first-order valence-electron chi connectivity index (χ1n) is 5.44. The minimum absolute atomic E-state index is 0.00745. The molecule has 88 valence electrons. The molecule has 1 aromatic rings. The maximum Gasteiger partial charge on any atom is 0.270 e. The van der Waals surface area contributed by atoms with Gasteiger partial charge in [0, 0.05) is 30.3 Å². The minimum atomic E-state index is 0.00745. The molecule has 0 aromatic carbocycles. The summed E-state index contributed by atoms with van der Waals surface area (Å²) in [6, 6.07) is 1.97. The molecule has 1 heterocycles. The van der Waals surface area contributed by atoms with Gasteiger partial charge < -0.3 is 15.6 Å². The van der Waals surface area contributed by atoms with Crippen molar-refractivity contribution in [1.82, 2.24) is 9.88 Å². The lowest BCUT2D eigenvalue weighted by molar-refractivity contribution is 0.0713. The summed E-state index contributed by atoms with van der Waals surface area (Å²) in [5.41, 5.74) is 6.33. The van der Waals surface area contributed by atoms with Gasteiger partial charge in [-0.2, -0.15) is 0 Å². The zero-order chi connectivity index (χ0) is 11.7. The number of nitrogens with two attached hydrogens (primary N) is 1. The quantitative estimate of drug-likeness (QED) is 0.883. The molecule has 16 heavy (non-hydrogen) atoms. The maximum atomic E-state index is 12.1. The van der Waals surface area contributed by atoms with Gasteiger partial charge in [0.05, 0.1) is 0 Å². The van der Waals surface area contributed by atoms with Crippen molar-refractivity contribution in [2.45, 2.75) is 18.9 Å². The first-order valence-corrected chi connectivity index (χ1v) is 6.24. The number of aromatic nitrogens is 1. The van der Waals surface area contributed by atoms with Gasteiger partial charge in [-0.15, -0.1) is 0 Å². The van der Waals surface area contributed by atoms with E-state index in [-0.39, 0.29) is 11.9 Å². The van der Waals surface area contributed by atoms with E-state index >= 15 is 0 Å². The number of carbonyl (C=O) groups is 1. The van der Waals surface area contributed by atoms with Crippen LogP contribution in [-0.2, 0) is 0 Å². The number of hydrogen-bond acceptors (Lipinski definition) is 2. The molecule has 0 saturated heterocycles. The maximum absolute atomic E-state index is 12.1. The average molecular weight is 286 g/mol. The number of likely N-dealkylation sites (N-methyl/N-ethyl adjacent to an activating group) is 1. The average Bonchev–Trinajstić information content (AvgIpc) is 3.00. The van der Waals surface area contributed by atoms with E-state index in [2.05, 4.69) is 20.9 Å². The number of rotatable bonds is 4. The molecule has 4 nitrogen and oxygen atoms in total. The molecule has 1 amide bonds. The van der Waals surface area contributed by atoms with E-state index < -0.39 is 0 Å². The number of amides is 1. The Labute approximate surface area is 103 Å². The van der Waals surface area contributed by atoms with Crippen LogP contribution in [0.4, 0.5) is 0 Å². The smallest absolute Gasteiger partial charge is 0.270 e. The zero-order valence-corrected chi connectivity index (χ0v) is 10.8. The Hall–Kier alpha value is -0.810. The second kappa shape index (κ2) is 4.59. The molecule has 0 spiro atoms. The van der Waals surface area contributed by atoms with Crippen LogP contribution in [0, 0.1) is 5.92 Å². The minimum Gasteiger partial charge on any atom is -0.356 e. The second-order valence-corrected chi connectivity index (χ2v) is 5.20. The second-order valence-electron chi connectivity index (χ2n) is 4.29. The summed E-state index contributed by atoms with van der Waals surface area (Å²) >= 11 is 3.32. The monoisotopic (exact) mass is 285 g/mol. The van der Waals surface area contributed by atoms with Crippen LogP contribution in [0.15, 0.2) is 16.7 Å². The molecule has 0 bridgehead atoms. The van der Waals surface area contributed by atoms with Crippen LogP contribution in [0.25, 0.3) is 0 Å². The molecule has 2 rings (SSSR count). The largest absolute Gasteiger partial charge is 0.356 e. The van der Waals surface area contributed by atoms with E-state index in [0.717, 1.165) is 4.47 Å². The standard InChI is InChI=1S/C11H16BrN3O/c1-15(10(5-13)7-2-3-7)11(16)9-4-8(12)6-14-9/h4,6-7,10,14H,2-3,5,13H2,1H3. The number of halogens is 1. The summed E-state index contributed by atoms with van der Waals surface area (Å²) in [4.78, 5) is 16.8. The molecule has 1 aromatic heterocycles. The van der Waals surface area contributed by atoms with Gasteiger partial charge in [0.15, 0.2) is 0 Å². The van der Waals surface area contributed by atoms with Gasteiger partial charge in [-0.05, 0) is 40.8 Å². The number of nitrogens with zero attached hydrogens (tertiary/aromatic N) is 1. The lowest BCUT2D eigenvalue weighted by Crippen LogP contribution is -2.43. The van der Waals surface area contributed by atoms with Crippen LogP contribution in [0.3, 0.4) is 0 Å². The van der Waals surface area contributed by atoms with Gasteiger partial charge in [0.25, 0.3) is 5.91 Å². The molecule has 1 atom stereocenters. The number of nitrogens with one attached hydrogen (secondary N) is 1. The number of H-pyrrole nitrogens is 1. The highest BCUT2D eigenvalue weighted by atomic mass is 79.9. The van der Waals surface area contributed by atoms with Crippen molar-refractivity contribution in [2.75, 3.05) is 13.6 Å². The van der Waals surface area contributed by atoms with E-state index in [1.54, 1.807) is 17.2 Å². The molecule has 1 aliphatic carbocycles. The molecule has 1 saturated carbocycles. The number of aromatic amines is 1. The molecule has 0 radical (unpaired) electrons. The summed E-state index contributed by atoms with van der Waals surface area (Å²) in [6.45, 7) is 0.536. The Balaban J connectivity index is 2.08. The predicted octanol–water partition coefficient (Wildman–Crippen LogP) is 1.59. The van der Waals surface area contributed by atoms with Crippen LogP contribution in [0.5, 0.6) is 0 Å². The highest BCUT2D eigenvalue weighted by molar-refractivity contribution is 9.10. The first-order chi connectivity index (χ1) is 7.63. The normalized spacial score (nSPS) is 17.2. The van der Waals surface area contributed by atoms with Gasteiger partial charge >= 0.3 is 0 Å². The fraction of sp³-hybridized carbons (Fsp3) is 0.545. The summed E-state index contributed by atoms with van der Waals surface area (Å²) in [5, 5.41) is 0. The Kier molecular flexibility index (Phi) is 3.35. The van der Waals surface area contributed by atoms with Crippen molar-refractivity contribution in [3.05, 3.63) is 22.4 Å². The van der Waals surface area contributed by atoms with Crippen molar-refractivity contribution in [3.63, 3.8) is 0 Å². The Bertz CT molecular complexity index is 386. The fourth-order valence-corrected chi connectivity index (χ4v) is 2.32. The summed E-state index contributed by atoms with van der Waals surface area (Å²) < 4.78 is 0.889. The van der Waals surface area contributed by atoms with E-state index in [4.69, 9.17) is 5.73 Å². The van der Waals surface area contributed by atoms with Crippen LogP contribution >= 0.6 is 15.9 Å². The Morgan fingerprint density at radius 3 is 2.88 bits per heavy atom. The highest BCUT2D eigenvalue weighted by Crippen LogP contribution is 2.34. The predicted molar refractivity (Wildman–Crippen MR) is 66.2 cm³/mol. The third-order valence-corrected chi connectivity index (χ3v) is 3.56. The van der Waals surface area contributed by atoms with Crippen LogP contribution in [-0.4, -0.2) is 35.4 Å². The zero-order valence-electron chi connectivity index (χ0n) is 9.24. The first kappa shape index (κ1) is 11.7. The van der Waals surface area contributed by atoms with E-state index in [9.17, 15) is 4.79 Å². The van der Waals surface area contributed by atoms with Crippen molar-refractivity contribution in [3.8, 4) is 0 Å². The topological polar surface area (TPSA) is 62.1 Å². The van der Waals surface area contributed by atoms with Crippen molar-refractivity contribution >= 4 is 21.8 Å². The lowest BCUT2D eigenvalue weighted by atomic mass is 10.1. The summed E-state index contributed by atoms with van der Waals surface area (Å²) in [7, 11) is 1.83. The summed E-state index contributed by atoms with van der Waals surface area (Å²) in [6.07, 6.45) is 4.14. The molecule has 3 N–H and O–H groups in total. The van der Waals surface area contributed by atoms with Crippen molar-refractivity contribution < 1.29 is 4.79 Å². The van der Waals surface area contributed by atoms with Gasteiger partial charge in [-0.1, -0.05) is 0 Å². The lowest BCUT2D eigenvalue weighted by Gasteiger charge is -2.26. The molecule has 1 aliphatic rings. The summed E-state index contributed by atoms with van der Waals surface area (Å²) in [5.74, 6) is 0.602.